The lowest BCUT2D eigenvalue weighted by Crippen LogP contribution is -2.20. The summed E-state index contributed by atoms with van der Waals surface area (Å²) in [6.45, 7) is 0.574. The summed E-state index contributed by atoms with van der Waals surface area (Å²) in [6, 6.07) is 20.5. The highest BCUT2D eigenvalue weighted by Gasteiger charge is 2.33. The number of rotatable bonds is 7. The van der Waals surface area contributed by atoms with Crippen LogP contribution in [0.4, 0.5) is 5.82 Å². The van der Waals surface area contributed by atoms with Crippen LogP contribution in [-0.4, -0.2) is 43.2 Å². The third-order valence-corrected chi connectivity index (χ3v) is 6.02. The number of aliphatic carboxylic acids is 1. The Bertz CT molecular complexity index is 1230. The molecule has 5 rings (SSSR count). The maximum Gasteiger partial charge on any atom is 0.332 e. The number of carboxylic acids is 1. The first-order chi connectivity index (χ1) is 16.1. The number of carbonyl (C=O) groups is 1. The highest BCUT2D eigenvalue weighted by molar-refractivity contribution is 6.28. The zero-order valence-electron chi connectivity index (χ0n) is 17.6. The first-order valence-electron chi connectivity index (χ1n) is 10.7. The number of benzene rings is 2. The zero-order valence-corrected chi connectivity index (χ0v) is 18.4. The quantitative estimate of drug-likeness (QED) is 0.389. The van der Waals surface area contributed by atoms with Crippen LogP contribution < -0.4 is 5.32 Å². The standard InChI is InChI=1S/C24H22ClN5O3/c25-24-28-21(20-22(29-24)30(14-27-20)19-12-11-18(33-19)23(31)32)26-13-17(15-7-3-1-4-8-15)16-9-5-2-6-10-16/h1-10,14,17-19H,11-13H2,(H,31,32)(H,26,28,29). The molecule has 4 aromatic rings. The third-order valence-electron chi connectivity index (χ3n) is 5.85. The molecule has 1 fully saturated rings. The van der Waals surface area contributed by atoms with Crippen molar-refractivity contribution in [1.29, 1.82) is 0 Å². The lowest BCUT2D eigenvalue weighted by molar-refractivity contribution is -0.151. The molecule has 33 heavy (non-hydrogen) atoms. The van der Waals surface area contributed by atoms with Gasteiger partial charge in [0.1, 0.15) is 6.23 Å². The van der Waals surface area contributed by atoms with E-state index in [0.717, 1.165) is 0 Å². The summed E-state index contributed by atoms with van der Waals surface area (Å²) in [5.41, 5.74) is 3.42. The fourth-order valence-corrected chi connectivity index (χ4v) is 4.39. The van der Waals surface area contributed by atoms with E-state index in [4.69, 9.17) is 16.3 Å². The topological polar surface area (TPSA) is 102 Å². The van der Waals surface area contributed by atoms with Crippen molar-refractivity contribution < 1.29 is 14.6 Å². The molecule has 2 unspecified atom stereocenters. The van der Waals surface area contributed by atoms with Crippen LogP contribution in [0.15, 0.2) is 67.0 Å². The molecule has 2 aromatic carbocycles. The van der Waals surface area contributed by atoms with Gasteiger partial charge in [-0.3, -0.25) is 4.57 Å². The minimum atomic E-state index is -0.968. The fourth-order valence-electron chi connectivity index (χ4n) is 4.23. The maximum atomic E-state index is 11.3. The summed E-state index contributed by atoms with van der Waals surface area (Å²) in [5, 5.41) is 12.7. The normalized spacial score (nSPS) is 18.1. The number of nitrogens with one attached hydrogen (secondary N) is 1. The van der Waals surface area contributed by atoms with Crippen LogP contribution >= 0.6 is 11.6 Å². The van der Waals surface area contributed by atoms with E-state index in [9.17, 15) is 9.90 Å². The fraction of sp³-hybridized carbons (Fsp3) is 0.250. The van der Waals surface area contributed by atoms with Gasteiger partial charge in [0.05, 0.1) is 6.33 Å². The van der Waals surface area contributed by atoms with Crippen LogP contribution in [0.25, 0.3) is 11.2 Å². The highest BCUT2D eigenvalue weighted by Crippen LogP contribution is 2.33. The van der Waals surface area contributed by atoms with Crippen molar-refractivity contribution in [3.8, 4) is 0 Å². The number of halogens is 1. The minimum absolute atomic E-state index is 0.0792. The van der Waals surface area contributed by atoms with Crippen LogP contribution in [0.5, 0.6) is 0 Å². The first kappa shape index (κ1) is 21.4. The lowest BCUT2D eigenvalue weighted by Gasteiger charge is -2.19. The van der Waals surface area contributed by atoms with Gasteiger partial charge in [-0.2, -0.15) is 9.97 Å². The van der Waals surface area contributed by atoms with E-state index in [-0.39, 0.29) is 11.2 Å². The van der Waals surface area contributed by atoms with Crippen LogP contribution in [0.1, 0.15) is 36.1 Å². The first-order valence-corrected chi connectivity index (χ1v) is 11.1. The number of nitrogens with zero attached hydrogens (tertiary/aromatic N) is 4. The molecule has 1 aliphatic heterocycles. The number of hydrogen-bond acceptors (Lipinski definition) is 6. The molecule has 1 aliphatic rings. The van der Waals surface area contributed by atoms with E-state index < -0.39 is 18.3 Å². The summed E-state index contributed by atoms with van der Waals surface area (Å²) in [5.74, 6) is -0.356. The monoisotopic (exact) mass is 463 g/mol. The Morgan fingerprint density at radius 2 is 1.76 bits per heavy atom. The van der Waals surface area contributed by atoms with Gasteiger partial charge in [0.15, 0.2) is 23.1 Å². The third kappa shape index (κ3) is 4.40. The van der Waals surface area contributed by atoms with Gasteiger partial charge >= 0.3 is 5.97 Å². The molecule has 168 valence electrons. The van der Waals surface area contributed by atoms with Crippen molar-refractivity contribution in [2.24, 2.45) is 0 Å². The van der Waals surface area contributed by atoms with E-state index >= 15 is 0 Å². The molecular formula is C24H22ClN5O3. The SMILES string of the molecule is O=C(O)C1CCC(n2cnc3c(NCC(c4ccccc4)c4ccccc4)nc(Cl)nc32)O1. The van der Waals surface area contributed by atoms with E-state index in [1.165, 1.54) is 11.1 Å². The molecule has 9 heteroatoms. The van der Waals surface area contributed by atoms with Crippen LogP contribution in [0, 0.1) is 0 Å². The lowest BCUT2D eigenvalue weighted by atomic mass is 9.91. The summed E-state index contributed by atoms with van der Waals surface area (Å²) >= 11 is 6.25. The van der Waals surface area contributed by atoms with Gasteiger partial charge in [0.25, 0.3) is 0 Å². The van der Waals surface area contributed by atoms with Crippen molar-refractivity contribution in [3.05, 3.63) is 83.4 Å². The van der Waals surface area contributed by atoms with Crippen LogP contribution in [-0.2, 0) is 9.53 Å². The molecule has 8 nitrogen and oxygen atoms in total. The Morgan fingerprint density at radius 1 is 1.09 bits per heavy atom. The summed E-state index contributed by atoms with van der Waals surface area (Å²) in [7, 11) is 0. The Morgan fingerprint density at radius 3 is 2.36 bits per heavy atom. The highest BCUT2D eigenvalue weighted by atomic mass is 35.5. The smallest absolute Gasteiger partial charge is 0.332 e. The number of hydrogen-bond donors (Lipinski definition) is 2. The average Bonchev–Trinajstić information content (AvgIpc) is 3.48. The molecule has 2 N–H and O–H groups in total. The van der Waals surface area contributed by atoms with E-state index in [2.05, 4.69) is 44.5 Å². The van der Waals surface area contributed by atoms with Crippen molar-refractivity contribution in [2.45, 2.75) is 31.1 Å². The van der Waals surface area contributed by atoms with Crippen LogP contribution in [0.2, 0.25) is 5.28 Å². The number of imidazole rings is 1. The molecule has 0 radical (unpaired) electrons. The molecule has 2 atom stereocenters. The van der Waals surface area contributed by atoms with E-state index in [1.807, 2.05) is 36.4 Å². The van der Waals surface area contributed by atoms with Gasteiger partial charge in [0, 0.05) is 12.5 Å². The summed E-state index contributed by atoms with van der Waals surface area (Å²) in [4.78, 5) is 24.5. The van der Waals surface area contributed by atoms with Crippen molar-refractivity contribution >= 4 is 34.6 Å². The molecule has 2 aromatic heterocycles. The van der Waals surface area contributed by atoms with Crippen molar-refractivity contribution in [2.75, 3.05) is 11.9 Å². The number of aromatic nitrogens is 4. The Balaban J connectivity index is 1.44. The predicted octanol–water partition coefficient (Wildman–Crippen LogP) is 4.49. The zero-order chi connectivity index (χ0) is 22.8. The molecule has 0 saturated carbocycles. The van der Waals surface area contributed by atoms with Gasteiger partial charge in [-0.15, -0.1) is 0 Å². The molecule has 0 amide bonds. The number of fused-ring (bicyclic) bond motifs is 1. The minimum Gasteiger partial charge on any atom is -0.479 e. The van der Waals surface area contributed by atoms with Crippen LogP contribution in [0.3, 0.4) is 0 Å². The summed E-state index contributed by atoms with van der Waals surface area (Å²) < 4.78 is 7.39. The molecule has 0 bridgehead atoms. The second-order valence-electron chi connectivity index (χ2n) is 7.92. The summed E-state index contributed by atoms with van der Waals surface area (Å²) in [6.07, 6.45) is 1.29. The Hall–Kier alpha value is -3.49. The van der Waals surface area contributed by atoms with Crippen molar-refractivity contribution in [1.82, 2.24) is 19.5 Å². The molecule has 0 spiro atoms. The van der Waals surface area contributed by atoms with E-state index in [0.29, 0.717) is 36.4 Å². The van der Waals surface area contributed by atoms with Gasteiger partial charge in [-0.1, -0.05) is 60.7 Å². The number of ether oxygens (including phenoxy) is 1. The maximum absolute atomic E-state index is 11.3. The molecule has 0 aliphatic carbocycles. The average molecular weight is 464 g/mol. The molecule has 3 heterocycles. The molecular weight excluding hydrogens is 442 g/mol. The van der Waals surface area contributed by atoms with Gasteiger partial charge in [-0.05, 0) is 35.6 Å². The van der Waals surface area contributed by atoms with Gasteiger partial charge < -0.3 is 15.2 Å². The van der Waals surface area contributed by atoms with Gasteiger partial charge in [0.2, 0.25) is 5.28 Å². The second kappa shape index (κ2) is 9.17. The number of carboxylic acid groups (broad SMARTS) is 1. The number of anilines is 1. The molecule has 1 saturated heterocycles. The van der Waals surface area contributed by atoms with Crippen molar-refractivity contribution in [3.63, 3.8) is 0 Å². The van der Waals surface area contributed by atoms with E-state index in [1.54, 1.807) is 10.9 Å². The second-order valence-corrected chi connectivity index (χ2v) is 8.25. The predicted molar refractivity (Wildman–Crippen MR) is 124 cm³/mol. The largest absolute Gasteiger partial charge is 0.479 e. The Kier molecular flexibility index (Phi) is 5.93. The Labute approximate surface area is 195 Å². The van der Waals surface area contributed by atoms with Gasteiger partial charge in [-0.25, -0.2) is 9.78 Å².